The largest absolute Gasteiger partial charge is 0.446 e. The van der Waals surface area contributed by atoms with Crippen LogP contribution in [-0.2, 0) is 9.53 Å². The first kappa shape index (κ1) is 16.8. The second-order valence-electron chi connectivity index (χ2n) is 3.90. The van der Waals surface area contributed by atoms with Gasteiger partial charge in [0.15, 0.2) is 0 Å². The lowest BCUT2D eigenvalue weighted by Crippen LogP contribution is -2.35. The van der Waals surface area contributed by atoms with E-state index < -0.39 is 17.5 Å². The predicted molar refractivity (Wildman–Crippen MR) is 70.2 cm³/mol. The van der Waals surface area contributed by atoms with Gasteiger partial charge in [-0.2, -0.15) is 13.2 Å². The third-order valence-electron chi connectivity index (χ3n) is 2.39. The molecule has 0 fully saturated rings. The highest BCUT2D eigenvalue weighted by molar-refractivity contribution is 8.00. The van der Waals surface area contributed by atoms with Gasteiger partial charge in [-0.1, -0.05) is 12.1 Å². The number of rotatable bonds is 7. The first-order valence-corrected chi connectivity index (χ1v) is 6.52. The molecule has 0 aliphatic heterocycles. The molecule has 0 aliphatic carbocycles. The molecule has 20 heavy (non-hydrogen) atoms. The van der Waals surface area contributed by atoms with Gasteiger partial charge in [0, 0.05) is 18.6 Å². The zero-order chi connectivity index (χ0) is 15.2. The van der Waals surface area contributed by atoms with Gasteiger partial charge in [0.1, 0.15) is 6.04 Å². The quantitative estimate of drug-likeness (QED) is 0.598. The van der Waals surface area contributed by atoms with Crippen molar-refractivity contribution in [3.8, 4) is 0 Å². The van der Waals surface area contributed by atoms with E-state index in [0.29, 0.717) is 18.7 Å². The minimum atomic E-state index is -4.33. The van der Waals surface area contributed by atoms with Crippen molar-refractivity contribution in [2.75, 3.05) is 20.3 Å². The molecule has 1 unspecified atom stereocenters. The van der Waals surface area contributed by atoms with Crippen LogP contribution in [0.4, 0.5) is 13.2 Å². The normalized spacial score (nSPS) is 13.2. The number of methoxy groups -OCH3 is 1. The van der Waals surface area contributed by atoms with Crippen LogP contribution in [0, 0.1) is 0 Å². The van der Waals surface area contributed by atoms with Crippen LogP contribution >= 0.6 is 11.8 Å². The molecule has 0 saturated carbocycles. The Morgan fingerprint density at radius 1 is 1.40 bits per heavy atom. The molecule has 0 saturated heterocycles. The zero-order valence-electron chi connectivity index (χ0n) is 10.7. The second kappa shape index (κ2) is 7.51. The molecule has 8 heteroatoms. The van der Waals surface area contributed by atoms with Gasteiger partial charge in [-0.15, -0.1) is 0 Å². The van der Waals surface area contributed by atoms with Crippen LogP contribution in [0.15, 0.2) is 29.2 Å². The highest BCUT2D eigenvalue weighted by Gasteiger charge is 2.29. The molecule has 4 nitrogen and oxygen atoms in total. The van der Waals surface area contributed by atoms with Crippen molar-refractivity contribution < 1.29 is 22.7 Å². The van der Waals surface area contributed by atoms with Crippen molar-refractivity contribution >= 4 is 17.7 Å². The second-order valence-corrected chi connectivity index (χ2v) is 5.04. The van der Waals surface area contributed by atoms with Crippen molar-refractivity contribution in [3.05, 3.63) is 29.8 Å². The fourth-order valence-electron chi connectivity index (χ4n) is 1.55. The molecule has 0 radical (unpaired) electrons. The summed E-state index contributed by atoms with van der Waals surface area (Å²) in [5.41, 5.74) is 1.45. The third-order valence-corrected chi connectivity index (χ3v) is 3.13. The van der Waals surface area contributed by atoms with Gasteiger partial charge >= 0.3 is 5.51 Å². The van der Waals surface area contributed by atoms with Crippen molar-refractivity contribution in [1.29, 1.82) is 0 Å². The standard InChI is InChI=1S/C12H15F3N2O2S/c1-19-7-6-17-10(11(16)18)8-2-4-9(5-3-8)20-12(13,14)15/h2-5,10,17H,6-7H2,1H3,(H2,16,18). The lowest BCUT2D eigenvalue weighted by Gasteiger charge is -2.16. The summed E-state index contributed by atoms with van der Waals surface area (Å²) in [5.74, 6) is -0.600. The van der Waals surface area contributed by atoms with Gasteiger partial charge in [0.25, 0.3) is 0 Å². The summed E-state index contributed by atoms with van der Waals surface area (Å²) >= 11 is -0.206. The molecule has 0 spiro atoms. The number of ether oxygens (including phenoxy) is 1. The maximum absolute atomic E-state index is 12.2. The summed E-state index contributed by atoms with van der Waals surface area (Å²) in [5, 5.41) is 2.88. The lowest BCUT2D eigenvalue weighted by molar-refractivity contribution is -0.120. The van der Waals surface area contributed by atoms with Crippen LogP contribution < -0.4 is 11.1 Å². The molecule has 0 aliphatic rings. The fourth-order valence-corrected chi connectivity index (χ4v) is 2.09. The van der Waals surface area contributed by atoms with Gasteiger partial charge in [0.2, 0.25) is 5.91 Å². The molecule has 1 amide bonds. The molecule has 1 aromatic carbocycles. The number of nitrogens with two attached hydrogens (primary N) is 1. The molecule has 0 bridgehead atoms. The maximum atomic E-state index is 12.2. The van der Waals surface area contributed by atoms with Crippen LogP contribution in [0.25, 0.3) is 0 Å². The average Bonchev–Trinajstić information content (AvgIpc) is 2.34. The van der Waals surface area contributed by atoms with Crippen molar-refractivity contribution in [3.63, 3.8) is 0 Å². The van der Waals surface area contributed by atoms with Gasteiger partial charge in [-0.25, -0.2) is 0 Å². The number of amides is 1. The number of benzene rings is 1. The molecule has 1 aromatic rings. The SMILES string of the molecule is COCCNC(C(N)=O)c1ccc(SC(F)(F)F)cc1. The predicted octanol–water partition coefficient (Wildman–Crippen LogP) is 2.06. The Bertz CT molecular complexity index is 437. The van der Waals surface area contributed by atoms with E-state index in [1.54, 1.807) is 0 Å². The van der Waals surface area contributed by atoms with E-state index >= 15 is 0 Å². The minimum Gasteiger partial charge on any atom is -0.383 e. The number of hydrogen-bond donors (Lipinski definition) is 2. The van der Waals surface area contributed by atoms with Crippen LogP contribution in [0.5, 0.6) is 0 Å². The molecular formula is C12H15F3N2O2S. The van der Waals surface area contributed by atoms with E-state index in [-0.39, 0.29) is 16.7 Å². The molecule has 112 valence electrons. The molecular weight excluding hydrogens is 293 g/mol. The number of primary amides is 1. The summed E-state index contributed by atoms with van der Waals surface area (Å²) < 4.78 is 41.4. The molecule has 0 heterocycles. The Morgan fingerprint density at radius 3 is 2.45 bits per heavy atom. The van der Waals surface area contributed by atoms with Crippen molar-refractivity contribution in [2.24, 2.45) is 5.73 Å². The summed E-state index contributed by atoms with van der Waals surface area (Å²) in [7, 11) is 1.52. The monoisotopic (exact) mass is 308 g/mol. The Morgan fingerprint density at radius 2 is 2.00 bits per heavy atom. The molecule has 3 N–H and O–H groups in total. The van der Waals surface area contributed by atoms with Gasteiger partial charge in [-0.05, 0) is 29.5 Å². The van der Waals surface area contributed by atoms with E-state index in [0.717, 1.165) is 0 Å². The van der Waals surface area contributed by atoms with Crippen molar-refractivity contribution in [1.82, 2.24) is 5.32 Å². The number of hydrogen-bond acceptors (Lipinski definition) is 4. The number of nitrogens with one attached hydrogen (secondary N) is 1. The minimum absolute atomic E-state index is 0.0568. The Kier molecular flexibility index (Phi) is 6.31. The highest BCUT2D eigenvalue weighted by Crippen LogP contribution is 2.36. The summed E-state index contributed by atoms with van der Waals surface area (Å²) in [6.45, 7) is 0.801. The number of alkyl halides is 3. The molecule has 0 aromatic heterocycles. The van der Waals surface area contributed by atoms with E-state index in [4.69, 9.17) is 10.5 Å². The van der Waals surface area contributed by atoms with Gasteiger partial charge < -0.3 is 10.5 Å². The smallest absolute Gasteiger partial charge is 0.383 e. The fraction of sp³-hybridized carbons (Fsp3) is 0.417. The first-order valence-electron chi connectivity index (χ1n) is 5.71. The van der Waals surface area contributed by atoms with Crippen LogP contribution in [0.3, 0.4) is 0 Å². The topological polar surface area (TPSA) is 64.3 Å². The summed E-state index contributed by atoms with van der Waals surface area (Å²) in [6.07, 6.45) is 0. The van der Waals surface area contributed by atoms with E-state index in [9.17, 15) is 18.0 Å². The zero-order valence-corrected chi connectivity index (χ0v) is 11.6. The Hall–Kier alpha value is -1.25. The highest BCUT2D eigenvalue weighted by atomic mass is 32.2. The summed E-state index contributed by atoms with van der Waals surface area (Å²) in [4.78, 5) is 11.4. The van der Waals surface area contributed by atoms with Gasteiger partial charge in [-0.3, -0.25) is 10.1 Å². The number of carbonyl (C=O) groups excluding carboxylic acids is 1. The van der Waals surface area contributed by atoms with E-state index in [1.807, 2.05) is 0 Å². The first-order chi connectivity index (χ1) is 9.33. The number of thioether (sulfide) groups is 1. The summed E-state index contributed by atoms with van der Waals surface area (Å²) in [6, 6.07) is 4.75. The van der Waals surface area contributed by atoms with Crippen LogP contribution in [-0.4, -0.2) is 31.7 Å². The number of carbonyl (C=O) groups is 1. The molecule has 1 rings (SSSR count). The lowest BCUT2D eigenvalue weighted by atomic mass is 10.1. The van der Waals surface area contributed by atoms with E-state index in [1.165, 1.54) is 31.4 Å². The maximum Gasteiger partial charge on any atom is 0.446 e. The third kappa shape index (κ3) is 5.81. The van der Waals surface area contributed by atoms with Crippen molar-refractivity contribution in [2.45, 2.75) is 16.4 Å². The van der Waals surface area contributed by atoms with Crippen LogP contribution in [0.2, 0.25) is 0 Å². The van der Waals surface area contributed by atoms with Gasteiger partial charge in [0.05, 0.1) is 6.61 Å². The van der Waals surface area contributed by atoms with Crippen LogP contribution in [0.1, 0.15) is 11.6 Å². The average molecular weight is 308 g/mol. The van der Waals surface area contributed by atoms with E-state index in [2.05, 4.69) is 5.32 Å². The Labute approximate surface area is 118 Å². The molecule has 1 atom stereocenters. The number of halogens is 3. The Balaban J connectivity index is 2.75.